The van der Waals surface area contributed by atoms with Crippen molar-refractivity contribution in [1.82, 2.24) is 10.2 Å². The van der Waals surface area contributed by atoms with Crippen molar-refractivity contribution >= 4 is 11.8 Å². The molecule has 2 amide bonds. The Kier molecular flexibility index (Phi) is 7.08. The van der Waals surface area contributed by atoms with E-state index >= 15 is 0 Å². The Labute approximate surface area is 170 Å². The predicted molar refractivity (Wildman–Crippen MR) is 108 cm³/mol. The summed E-state index contributed by atoms with van der Waals surface area (Å²) in [5.74, 6) is 0.236. The summed E-state index contributed by atoms with van der Waals surface area (Å²) in [6.45, 7) is 2.02. The summed E-state index contributed by atoms with van der Waals surface area (Å²) in [7, 11) is 2.98. The van der Waals surface area contributed by atoms with E-state index in [1.54, 1.807) is 23.1 Å². The van der Waals surface area contributed by atoms with Gasteiger partial charge in [0.2, 0.25) is 5.91 Å². The van der Waals surface area contributed by atoms with E-state index in [0.717, 1.165) is 5.56 Å². The van der Waals surface area contributed by atoms with Crippen molar-refractivity contribution in [2.75, 3.05) is 40.5 Å². The lowest BCUT2D eigenvalue weighted by Gasteiger charge is -2.31. The highest BCUT2D eigenvalue weighted by molar-refractivity contribution is 6.02. The normalized spacial score (nSPS) is 14.8. The van der Waals surface area contributed by atoms with Gasteiger partial charge >= 0.3 is 0 Å². The molecule has 0 unspecified atom stereocenters. The van der Waals surface area contributed by atoms with Crippen LogP contribution in [0.1, 0.15) is 15.9 Å². The molecule has 29 heavy (non-hydrogen) atoms. The number of carbonyl (C=O) groups is 2. The molecule has 0 aromatic heterocycles. The lowest BCUT2D eigenvalue weighted by atomic mass is 10.0. The van der Waals surface area contributed by atoms with E-state index in [1.165, 1.54) is 14.2 Å². The van der Waals surface area contributed by atoms with Crippen molar-refractivity contribution in [3.63, 3.8) is 0 Å². The van der Waals surface area contributed by atoms with Crippen LogP contribution in [-0.4, -0.2) is 63.3 Å². The number of carbonyl (C=O) groups excluding carboxylic acids is 2. The fourth-order valence-electron chi connectivity index (χ4n) is 3.36. The molecule has 0 radical (unpaired) electrons. The van der Waals surface area contributed by atoms with E-state index in [9.17, 15) is 9.59 Å². The first-order valence-electron chi connectivity index (χ1n) is 9.56. The molecule has 0 bridgehead atoms. The minimum atomic E-state index is -0.711. The number of hydrogen-bond donors (Lipinski definition) is 1. The van der Waals surface area contributed by atoms with Crippen molar-refractivity contribution in [2.24, 2.45) is 0 Å². The molecule has 0 saturated carbocycles. The molecule has 3 rings (SSSR count). The molecule has 1 atom stereocenters. The number of ether oxygens (including phenoxy) is 3. The summed E-state index contributed by atoms with van der Waals surface area (Å²) >= 11 is 0. The monoisotopic (exact) mass is 398 g/mol. The molecule has 1 saturated heterocycles. The first-order chi connectivity index (χ1) is 14.1. The maximum atomic E-state index is 13.2. The van der Waals surface area contributed by atoms with Crippen molar-refractivity contribution in [1.29, 1.82) is 0 Å². The third-order valence-corrected chi connectivity index (χ3v) is 4.86. The molecule has 1 heterocycles. The van der Waals surface area contributed by atoms with Crippen LogP contribution < -0.4 is 14.8 Å². The van der Waals surface area contributed by atoms with E-state index < -0.39 is 11.9 Å². The predicted octanol–water partition coefficient (Wildman–Crippen LogP) is 1.90. The fraction of sp³-hybridized carbons (Fsp3) is 0.364. The van der Waals surface area contributed by atoms with E-state index in [0.29, 0.717) is 44.2 Å². The maximum Gasteiger partial charge on any atom is 0.259 e. The molecule has 7 nitrogen and oxygen atoms in total. The number of hydrogen-bond acceptors (Lipinski definition) is 5. The van der Waals surface area contributed by atoms with Gasteiger partial charge in [-0.3, -0.25) is 9.59 Å². The van der Waals surface area contributed by atoms with Gasteiger partial charge in [0.25, 0.3) is 5.91 Å². The van der Waals surface area contributed by atoms with Gasteiger partial charge in [-0.15, -0.1) is 0 Å². The molecule has 0 aliphatic carbocycles. The van der Waals surface area contributed by atoms with Crippen molar-refractivity contribution in [3.05, 3.63) is 59.7 Å². The number of rotatable bonds is 7. The average Bonchev–Trinajstić information content (AvgIpc) is 2.78. The molecular formula is C22H26N2O5. The topological polar surface area (TPSA) is 77.1 Å². The highest BCUT2D eigenvalue weighted by Gasteiger charge is 2.29. The van der Waals surface area contributed by atoms with Crippen LogP contribution in [0, 0.1) is 0 Å². The Morgan fingerprint density at radius 2 is 1.62 bits per heavy atom. The van der Waals surface area contributed by atoms with Crippen molar-refractivity contribution in [3.8, 4) is 11.5 Å². The number of morpholine rings is 1. The Hall–Kier alpha value is -3.06. The number of nitrogens with zero attached hydrogens (tertiary/aromatic N) is 1. The number of nitrogens with one attached hydrogen (secondary N) is 1. The van der Waals surface area contributed by atoms with Gasteiger partial charge in [-0.2, -0.15) is 0 Å². The van der Waals surface area contributed by atoms with E-state index in [1.807, 2.05) is 30.3 Å². The second kappa shape index (κ2) is 9.93. The summed E-state index contributed by atoms with van der Waals surface area (Å²) in [4.78, 5) is 28.0. The van der Waals surface area contributed by atoms with Crippen LogP contribution in [0.3, 0.4) is 0 Å². The standard InChI is InChI=1S/C22H26N2O5/c1-27-18-9-6-10-19(28-2)20(18)21(25)23-17(15-16-7-4-3-5-8-16)22(26)24-11-13-29-14-12-24/h3-10,17H,11-15H2,1-2H3,(H,23,25)/t17-/m0/s1. The Bertz CT molecular complexity index is 812. The number of amides is 2. The number of methoxy groups -OCH3 is 2. The van der Waals surface area contributed by atoms with Gasteiger partial charge in [-0.25, -0.2) is 0 Å². The molecule has 1 fully saturated rings. The van der Waals surface area contributed by atoms with Gasteiger partial charge in [-0.05, 0) is 17.7 Å². The quantitative estimate of drug-likeness (QED) is 0.771. The highest BCUT2D eigenvalue weighted by Crippen LogP contribution is 2.28. The number of benzene rings is 2. The second-order valence-electron chi connectivity index (χ2n) is 6.69. The van der Waals surface area contributed by atoms with E-state index in [2.05, 4.69) is 5.32 Å². The summed E-state index contributed by atoms with van der Waals surface area (Å²) in [5, 5.41) is 2.90. The smallest absolute Gasteiger partial charge is 0.259 e. The zero-order chi connectivity index (χ0) is 20.6. The minimum absolute atomic E-state index is 0.126. The molecule has 2 aromatic rings. The Balaban J connectivity index is 1.86. The highest BCUT2D eigenvalue weighted by atomic mass is 16.5. The van der Waals surface area contributed by atoms with Crippen LogP contribution in [0.2, 0.25) is 0 Å². The molecule has 1 aliphatic heterocycles. The van der Waals surface area contributed by atoms with Crippen LogP contribution in [0.15, 0.2) is 48.5 Å². The van der Waals surface area contributed by atoms with Crippen molar-refractivity contribution in [2.45, 2.75) is 12.5 Å². The average molecular weight is 398 g/mol. The third kappa shape index (κ3) is 5.06. The summed E-state index contributed by atoms with van der Waals surface area (Å²) in [6.07, 6.45) is 0.389. The Morgan fingerprint density at radius 1 is 1.00 bits per heavy atom. The van der Waals surface area contributed by atoms with Gasteiger partial charge in [0.05, 0.1) is 27.4 Å². The molecule has 1 aliphatic rings. The maximum absolute atomic E-state index is 13.2. The lowest BCUT2D eigenvalue weighted by molar-refractivity contribution is -0.137. The molecule has 154 valence electrons. The van der Waals surface area contributed by atoms with Gasteiger partial charge in [0.1, 0.15) is 23.1 Å². The molecule has 0 spiro atoms. The van der Waals surface area contributed by atoms with Gasteiger partial charge in [-0.1, -0.05) is 36.4 Å². The third-order valence-electron chi connectivity index (χ3n) is 4.86. The van der Waals surface area contributed by atoms with Crippen LogP contribution in [0.5, 0.6) is 11.5 Å². The summed E-state index contributed by atoms with van der Waals surface area (Å²) in [6, 6.07) is 14.0. The Morgan fingerprint density at radius 3 is 2.21 bits per heavy atom. The zero-order valence-corrected chi connectivity index (χ0v) is 16.7. The molecule has 7 heteroatoms. The zero-order valence-electron chi connectivity index (χ0n) is 16.7. The van der Waals surface area contributed by atoms with E-state index in [4.69, 9.17) is 14.2 Å². The van der Waals surface area contributed by atoms with Crippen LogP contribution in [-0.2, 0) is 16.0 Å². The first kappa shape index (κ1) is 20.7. The second-order valence-corrected chi connectivity index (χ2v) is 6.69. The first-order valence-corrected chi connectivity index (χ1v) is 9.56. The SMILES string of the molecule is COc1cccc(OC)c1C(=O)N[C@@H](Cc1ccccc1)C(=O)N1CCOCC1. The van der Waals surface area contributed by atoms with Gasteiger partial charge < -0.3 is 24.4 Å². The van der Waals surface area contributed by atoms with Crippen molar-refractivity contribution < 1.29 is 23.8 Å². The fourth-order valence-corrected chi connectivity index (χ4v) is 3.36. The molecule has 2 aromatic carbocycles. The van der Waals surface area contributed by atoms with E-state index in [-0.39, 0.29) is 11.5 Å². The van der Waals surface area contributed by atoms with Crippen LogP contribution in [0.4, 0.5) is 0 Å². The molecule has 1 N–H and O–H groups in total. The summed E-state index contributed by atoms with van der Waals surface area (Å²) in [5.41, 5.74) is 1.23. The van der Waals surface area contributed by atoms with Crippen LogP contribution in [0.25, 0.3) is 0 Å². The minimum Gasteiger partial charge on any atom is -0.496 e. The van der Waals surface area contributed by atoms with Gasteiger partial charge in [0, 0.05) is 19.5 Å². The molecular weight excluding hydrogens is 372 g/mol. The van der Waals surface area contributed by atoms with Gasteiger partial charge in [0.15, 0.2) is 0 Å². The van der Waals surface area contributed by atoms with Crippen LogP contribution >= 0.6 is 0 Å². The lowest BCUT2D eigenvalue weighted by Crippen LogP contribution is -2.52. The largest absolute Gasteiger partial charge is 0.496 e. The summed E-state index contributed by atoms with van der Waals surface area (Å²) < 4.78 is 16.0.